The van der Waals surface area contributed by atoms with Gasteiger partial charge in [0, 0.05) is 0 Å². The molecule has 0 saturated carbocycles. The molecule has 2 rings (SSSR count). The van der Waals surface area contributed by atoms with Crippen LogP contribution in [0.2, 0.25) is 0 Å². The van der Waals surface area contributed by atoms with E-state index in [1.165, 1.54) is 12.5 Å². The van der Waals surface area contributed by atoms with E-state index in [0.717, 1.165) is 0 Å². The van der Waals surface area contributed by atoms with E-state index in [0.29, 0.717) is 0 Å². The Kier molecular flexibility index (Phi) is 4.99. The summed E-state index contributed by atoms with van der Waals surface area (Å²) in [6.45, 7) is 0. The fourth-order valence-electron chi connectivity index (χ4n) is 1.98. The van der Waals surface area contributed by atoms with Crippen molar-refractivity contribution in [3.63, 3.8) is 0 Å². The highest BCUT2D eigenvalue weighted by Crippen LogP contribution is 2.37. The SMILES string of the molecule is O=P(O)(O)CC[C@H]1OC(Oc2cnc[nH]2)[C@@H](O)[C@@H](O)[C@@H]1O. The number of aliphatic hydroxyl groups excluding tert-OH is 3. The monoisotopic (exact) mass is 324 g/mol. The zero-order valence-corrected chi connectivity index (χ0v) is 11.7. The summed E-state index contributed by atoms with van der Waals surface area (Å²) in [7, 11) is -4.26. The summed E-state index contributed by atoms with van der Waals surface area (Å²) in [5.74, 6) is 0.177. The molecule has 0 aliphatic carbocycles. The van der Waals surface area contributed by atoms with Crippen molar-refractivity contribution in [1.82, 2.24) is 9.97 Å². The maximum Gasteiger partial charge on any atom is 0.325 e. The first-order valence-corrected chi connectivity index (χ1v) is 7.97. The molecule has 1 aromatic rings. The highest BCUT2D eigenvalue weighted by molar-refractivity contribution is 7.51. The van der Waals surface area contributed by atoms with Gasteiger partial charge in [-0.1, -0.05) is 0 Å². The molecule has 0 amide bonds. The van der Waals surface area contributed by atoms with E-state index >= 15 is 0 Å². The lowest BCUT2D eigenvalue weighted by Gasteiger charge is -2.40. The molecule has 1 unspecified atom stereocenters. The van der Waals surface area contributed by atoms with Gasteiger partial charge in [-0.3, -0.25) is 4.57 Å². The van der Waals surface area contributed by atoms with Crippen LogP contribution in [-0.4, -0.2) is 71.9 Å². The summed E-state index contributed by atoms with van der Waals surface area (Å²) in [6, 6.07) is 0. The second kappa shape index (κ2) is 6.41. The van der Waals surface area contributed by atoms with Crippen LogP contribution in [0.15, 0.2) is 12.5 Å². The van der Waals surface area contributed by atoms with E-state index in [-0.39, 0.29) is 12.3 Å². The lowest BCUT2D eigenvalue weighted by molar-refractivity contribution is -0.273. The molecule has 5 atom stereocenters. The summed E-state index contributed by atoms with van der Waals surface area (Å²) < 4.78 is 21.4. The lowest BCUT2D eigenvalue weighted by atomic mass is 9.97. The number of H-pyrrole nitrogens is 1. The molecule has 10 nitrogen and oxygen atoms in total. The molecule has 0 spiro atoms. The van der Waals surface area contributed by atoms with Crippen LogP contribution in [0.5, 0.6) is 5.88 Å². The van der Waals surface area contributed by atoms with Gasteiger partial charge < -0.3 is 39.6 Å². The number of ether oxygens (including phenoxy) is 2. The van der Waals surface area contributed by atoms with Crippen molar-refractivity contribution >= 4 is 7.60 Å². The second-order valence-corrected chi connectivity index (χ2v) is 6.50. The Labute approximate surface area is 119 Å². The molecule has 6 N–H and O–H groups in total. The van der Waals surface area contributed by atoms with Crippen LogP contribution in [0.25, 0.3) is 0 Å². The molecule has 1 aromatic heterocycles. The predicted molar refractivity (Wildman–Crippen MR) is 67.4 cm³/mol. The van der Waals surface area contributed by atoms with Crippen LogP contribution in [-0.2, 0) is 9.30 Å². The normalized spacial score (nSPS) is 33.9. The maximum atomic E-state index is 10.9. The zero-order valence-electron chi connectivity index (χ0n) is 10.8. The van der Waals surface area contributed by atoms with Gasteiger partial charge in [-0.05, 0) is 6.42 Å². The number of rotatable bonds is 5. The molecule has 21 heavy (non-hydrogen) atoms. The highest BCUT2D eigenvalue weighted by Gasteiger charge is 2.45. The van der Waals surface area contributed by atoms with Gasteiger partial charge in [-0.15, -0.1) is 0 Å². The second-order valence-electron chi connectivity index (χ2n) is 4.73. The van der Waals surface area contributed by atoms with E-state index < -0.39 is 44.5 Å². The van der Waals surface area contributed by atoms with Crippen molar-refractivity contribution in [3.8, 4) is 5.88 Å². The number of nitrogens with zero attached hydrogens (tertiary/aromatic N) is 1. The van der Waals surface area contributed by atoms with E-state index in [9.17, 15) is 19.9 Å². The van der Waals surface area contributed by atoms with Crippen molar-refractivity contribution in [2.24, 2.45) is 0 Å². The molecular weight excluding hydrogens is 307 g/mol. The molecule has 0 radical (unpaired) electrons. The zero-order chi connectivity index (χ0) is 15.6. The number of aliphatic hydroxyl groups is 3. The number of aromatic nitrogens is 2. The van der Waals surface area contributed by atoms with Crippen LogP contribution in [0.3, 0.4) is 0 Å². The Morgan fingerprint density at radius 1 is 1.29 bits per heavy atom. The van der Waals surface area contributed by atoms with Gasteiger partial charge in [0.15, 0.2) is 0 Å². The molecule has 1 aliphatic rings. The fraction of sp³-hybridized carbons (Fsp3) is 0.700. The molecular formula is C10H17N2O8P. The average molecular weight is 324 g/mol. The minimum atomic E-state index is -4.26. The number of aromatic amines is 1. The topological polar surface area (TPSA) is 165 Å². The number of nitrogens with one attached hydrogen (secondary N) is 1. The molecule has 2 heterocycles. The first kappa shape index (κ1) is 16.4. The Morgan fingerprint density at radius 3 is 2.57 bits per heavy atom. The smallest absolute Gasteiger partial charge is 0.325 e. The Bertz CT molecular complexity index is 491. The third kappa shape index (κ3) is 4.24. The number of hydrogen-bond acceptors (Lipinski definition) is 7. The van der Waals surface area contributed by atoms with Gasteiger partial charge >= 0.3 is 7.60 Å². The van der Waals surface area contributed by atoms with Gasteiger partial charge in [-0.2, -0.15) is 0 Å². The minimum absolute atomic E-state index is 0.177. The number of imidazole rings is 1. The van der Waals surface area contributed by atoms with E-state index in [4.69, 9.17) is 19.3 Å². The van der Waals surface area contributed by atoms with Crippen LogP contribution < -0.4 is 4.74 Å². The number of hydrogen-bond donors (Lipinski definition) is 6. The molecule has 11 heteroatoms. The van der Waals surface area contributed by atoms with Crippen molar-refractivity contribution in [1.29, 1.82) is 0 Å². The summed E-state index contributed by atoms with van der Waals surface area (Å²) >= 11 is 0. The van der Waals surface area contributed by atoms with Crippen molar-refractivity contribution in [2.75, 3.05) is 6.16 Å². The first-order valence-electron chi connectivity index (χ1n) is 6.17. The highest BCUT2D eigenvalue weighted by atomic mass is 31.2. The van der Waals surface area contributed by atoms with Crippen LogP contribution in [0, 0.1) is 0 Å². The predicted octanol–water partition coefficient (Wildman–Crippen LogP) is -1.84. The first-order chi connectivity index (χ1) is 9.78. The third-order valence-corrected chi connectivity index (χ3v) is 3.93. The Hall–Kier alpha value is -1.00. The van der Waals surface area contributed by atoms with E-state index in [2.05, 4.69) is 9.97 Å². The standard InChI is InChI=1S/C10H17N2O8P/c13-7-5(1-2-21(16,17)18)19-10(9(15)8(7)14)20-6-3-11-4-12-6/h3-5,7-10,13-15H,1-2H2,(H,11,12)(H2,16,17,18)/t5-,7-,8+,9+,10?/m1/s1. The molecule has 0 bridgehead atoms. The van der Waals surface area contributed by atoms with Gasteiger partial charge in [0.25, 0.3) is 0 Å². The Morgan fingerprint density at radius 2 is 2.00 bits per heavy atom. The quantitative estimate of drug-likeness (QED) is 0.341. The largest absolute Gasteiger partial charge is 0.445 e. The van der Waals surface area contributed by atoms with Crippen molar-refractivity contribution in [2.45, 2.75) is 37.1 Å². The van der Waals surface area contributed by atoms with Gasteiger partial charge in [0.2, 0.25) is 12.2 Å². The van der Waals surface area contributed by atoms with Crippen molar-refractivity contribution < 1.29 is 39.1 Å². The molecule has 0 aromatic carbocycles. The van der Waals surface area contributed by atoms with Crippen LogP contribution in [0.4, 0.5) is 0 Å². The summed E-state index contributed by atoms with van der Waals surface area (Å²) in [5.41, 5.74) is 0. The minimum Gasteiger partial charge on any atom is -0.445 e. The molecule has 1 aliphatic heterocycles. The average Bonchev–Trinajstić information content (AvgIpc) is 2.90. The van der Waals surface area contributed by atoms with Crippen LogP contribution >= 0.6 is 7.60 Å². The van der Waals surface area contributed by atoms with E-state index in [1.807, 2.05) is 0 Å². The summed E-state index contributed by atoms with van der Waals surface area (Å²) in [6.07, 6.45) is -5.00. The summed E-state index contributed by atoms with van der Waals surface area (Å²) in [4.78, 5) is 24.0. The maximum absolute atomic E-state index is 10.9. The van der Waals surface area contributed by atoms with Gasteiger partial charge in [0.05, 0.1) is 24.8 Å². The fourth-order valence-corrected chi connectivity index (χ4v) is 2.57. The van der Waals surface area contributed by atoms with Gasteiger partial charge in [0.1, 0.15) is 18.3 Å². The Balaban J connectivity index is 2.03. The molecule has 1 fully saturated rings. The van der Waals surface area contributed by atoms with Crippen LogP contribution in [0.1, 0.15) is 6.42 Å². The van der Waals surface area contributed by atoms with E-state index in [1.54, 1.807) is 0 Å². The molecule has 120 valence electrons. The lowest BCUT2D eigenvalue weighted by Crippen LogP contribution is -2.59. The molecule has 1 saturated heterocycles. The van der Waals surface area contributed by atoms with Gasteiger partial charge in [-0.25, -0.2) is 4.98 Å². The van der Waals surface area contributed by atoms with Crippen molar-refractivity contribution in [3.05, 3.63) is 12.5 Å². The summed E-state index contributed by atoms with van der Waals surface area (Å²) in [5, 5.41) is 29.4. The third-order valence-electron chi connectivity index (χ3n) is 3.09.